The maximum atomic E-state index is 11.2. The number of Topliss-reactive ketones (excluding diaryl/α,β-unsaturated/α-hetero) is 1. The molecule has 0 aliphatic rings. The summed E-state index contributed by atoms with van der Waals surface area (Å²) in [5, 5.41) is 0. The van der Waals surface area contributed by atoms with Crippen LogP contribution in [0.4, 0.5) is 0 Å². The number of imidazole rings is 1. The van der Waals surface area contributed by atoms with Crippen molar-refractivity contribution >= 4 is 21.7 Å². The van der Waals surface area contributed by atoms with Crippen molar-refractivity contribution < 1.29 is 4.79 Å². The standard InChI is InChI=1S/C12H11BrN2O/c1-7-11(15-12(14-7)8(2)16)9-3-5-10(13)6-4-9/h3-6H,1-2H3,(H,14,15). The molecule has 82 valence electrons. The van der Waals surface area contributed by atoms with E-state index in [4.69, 9.17) is 0 Å². The number of nitrogens with one attached hydrogen (secondary N) is 1. The minimum absolute atomic E-state index is 0.0496. The average Bonchev–Trinajstić information content (AvgIpc) is 2.62. The molecule has 1 aromatic carbocycles. The normalized spacial score (nSPS) is 10.4. The number of nitrogens with zero attached hydrogens (tertiary/aromatic N) is 1. The summed E-state index contributed by atoms with van der Waals surface area (Å²) in [7, 11) is 0. The van der Waals surface area contributed by atoms with Crippen molar-refractivity contribution in [2.24, 2.45) is 0 Å². The van der Waals surface area contributed by atoms with Gasteiger partial charge in [-0.1, -0.05) is 28.1 Å². The van der Waals surface area contributed by atoms with E-state index in [1.165, 1.54) is 6.92 Å². The second-order valence-electron chi connectivity index (χ2n) is 3.62. The largest absolute Gasteiger partial charge is 0.339 e. The first kappa shape index (κ1) is 11.1. The fraction of sp³-hybridized carbons (Fsp3) is 0.167. The highest BCUT2D eigenvalue weighted by molar-refractivity contribution is 9.10. The summed E-state index contributed by atoms with van der Waals surface area (Å²) in [6.45, 7) is 3.42. The number of benzene rings is 1. The molecule has 0 radical (unpaired) electrons. The molecule has 0 fully saturated rings. The molecule has 1 aromatic heterocycles. The summed E-state index contributed by atoms with van der Waals surface area (Å²) in [5.74, 6) is 0.363. The van der Waals surface area contributed by atoms with Crippen LogP contribution in [-0.4, -0.2) is 15.8 Å². The molecular formula is C12H11BrN2O. The molecule has 0 spiro atoms. The first-order chi connectivity index (χ1) is 7.58. The maximum Gasteiger partial charge on any atom is 0.195 e. The van der Waals surface area contributed by atoms with Crippen molar-refractivity contribution in [3.8, 4) is 11.3 Å². The van der Waals surface area contributed by atoms with Gasteiger partial charge in [0.05, 0.1) is 5.69 Å². The van der Waals surface area contributed by atoms with Gasteiger partial charge in [0, 0.05) is 22.7 Å². The lowest BCUT2D eigenvalue weighted by Gasteiger charge is -1.98. The van der Waals surface area contributed by atoms with Crippen LogP contribution >= 0.6 is 15.9 Å². The van der Waals surface area contributed by atoms with Crippen LogP contribution in [0.2, 0.25) is 0 Å². The second kappa shape index (κ2) is 4.22. The molecule has 0 aliphatic carbocycles. The first-order valence-corrected chi connectivity index (χ1v) is 5.70. The van der Waals surface area contributed by atoms with Crippen molar-refractivity contribution in [1.29, 1.82) is 0 Å². The van der Waals surface area contributed by atoms with Gasteiger partial charge in [0.25, 0.3) is 0 Å². The lowest BCUT2D eigenvalue weighted by Crippen LogP contribution is -1.94. The Labute approximate surface area is 102 Å². The topological polar surface area (TPSA) is 45.8 Å². The van der Waals surface area contributed by atoms with Crippen molar-refractivity contribution in [2.75, 3.05) is 0 Å². The lowest BCUT2D eigenvalue weighted by atomic mass is 10.1. The van der Waals surface area contributed by atoms with E-state index in [2.05, 4.69) is 25.9 Å². The Morgan fingerprint density at radius 1 is 1.31 bits per heavy atom. The number of hydrogen-bond donors (Lipinski definition) is 1. The van der Waals surface area contributed by atoms with Gasteiger partial charge in [-0.05, 0) is 19.1 Å². The predicted molar refractivity (Wildman–Crippen MR) is 66.5 cm³/mol. The van der Waals surface area contributed by atoms with Crippen LogP contribution in [0.25, 0.3) is 11.3 Å². The van der Waals surface area contributed by atoms with Crippen LogP contribution in [0, 0.1) is 6.92 Å². The molecule has 0 atom stereocenters. The minimum Gasteiger partial charge on any atom is -0.339 e. The van der Waals surface area contributed by atoms with Crippen LogP contribution < -0.4 is 0 Å². The number of rotatable bonds is 2. The predicted octanol–water partition coefficient (Wildman–Crippen LogP) is 3.35. The minimum atomic E-state index is -0.0496. The summed E-state index contributed by atoms with van der Waals surface area (Å²) in [5.41, 5.74) is 2.75. The van der Waals surface area contributed by atoms with Crippen molar-refractivity contribution in [2.45, 2.75) is 13.8 Å². The van der Waals surface area contributed by atoms with E-state index in [0.29, 0.717) is 5.82 Å². The van der Waals surface area contributed by atoms with Gasteiger partial charge in [-0.2, -0.15) is 0 Å². The van der Waals surface area contributed by atoms with Crippen LogP contribution in [0.5, 0.6) is 0 Å². The van der Waals surface area contributed by atoms with Gasteiger partial charge in [-0.25, -0.2) is 4.98 Å². The average molecular weight is 279 g/mol. The van der Waals surface area contributed by atoms with E-state index in [-0.39, 0.29) is 5.78 Å². The Morgan fingerprint density at radius 3 is 2.44 bits per heavy atom. The van der Waals surface area contributed by atoms with Gasteiger partial charge in [-0.15, -0.1) is 0 Å². The third kappa shape index (κ3) is 2.07. The number of carbonyl (C=O) groups excluding carboxylic acids is 1. The molecule has 1 N–H and O–H groups in total. The first-order valence-electron chi connectivity index (χ1n) is 4.91. The molecule has 16 heavy (non-hydrogen) atoms. The zero-order chi connectivity index (χ0) is 11.7. The van der Waals surface area contributed by atoms with Crippen LogP contribution in [-0.2, 0) is 0 Å². The molecule has 4 heteroatoms. The Morgan fingerprint density at radius 2 is 1.94 bits per heavy atom. The number of carbonyl (C=O) groups is 1. The number of aromatic nitrogens is 2. The van der Waals surface area contributed by atoms with Crippen molar-refractivity contribution in [3.05, 3.63) is 40.3 Å². The Balaban J connectivity index is 2.47. The highest BCUT2D eigenvalue weighted by atomic mass is 79.9. The number of halogens is 1. The van der Waals surface area contributed by atoms with E-state index < -0.39 is 0 Å². The summed E-state index contributed by atoms with van der Waals surface area (Å²) in [4.78, 5) is 18.5. The van der Waals surface area contributed by atoms with Crippen molar-refractivity contribution in [3.63, 3.8) is 0 Å². The summed E-state index contributed by atoms with van der Waals surface area (Å²) >= 11 is 3.38. The summed E-state index contributed by atoms with van der Waals surface area (Å²) < 4.78 is 1.02. The van der Waals surface area contributed by atoms with Crippen molar-refractivity contribution in [1.82, 2.24) is 9.97 Å². The lowest BCUT2D eigenvalue weighted by molar-refractivity contribution is 0.100. The molecular weight excluding hydrogens is 268 g/mol. The molecule has 3 nitrogen and oxygen atoms in total. The molecule has 0 bridgehead atoms. The SMILES string of the molecule is CC(=O)c1nc(-c2ccc(Br)cc2)c(C)[nH]1. The summed E-state index contributed by atoms with van der Waals surface area (Å²) in [6, 6.07) is 7.85. The second-order valence-corrected chi connectivity index (χ2v) is 4.54. The van der Waals surface area contributed by atoms with Gasteiger partial charge in [0.15, 0.2) is 11.6 Å². The smallest absolute Gasteiger partial charge is 0.195 e. The molecule has 0 saturated heterocycles. The Hall–Kier alpha value is -1.42. The van der Waals surface area contributed by atoms with E-state index >= 15 is 0 Å². The molecule has 1 heterocycles. The van der Waals surface area contributed by atoms with Gasteiger partial charge < -0.3 is 4.98 Å². The summed E-state index contributed by atoms with van der Waals surface area (Å²) in [6.07, 6.45) is 0. The zero-order valence-corrected chi connectivity index (χ0v) is 10.6. The molecule has 2 aromatic rings. The van der Waals surface area contributed by atoms with Gasteiger partial charge in [0.2, 0.25) is 0 Å². The zero-order valence-electron chi connectivity index (χ0n) is 9.04. The number of aromatic amines is 1. The Kier molecular flexibility index (Phi) is 2.92. The fourth-order valence-electron chi connectivity index (χ4n) is 1.52. The molecule has 0 saturated carbocycles. The third-order valence-corrected chi connectivity index (χ3v) is 2.86. The highest BCUT2D eigenvalue weighted by Gasteiger charge is 2.11. The third-order valence-electron chi connectivity index (χ3n) is 2.34. The van der Waals surface area contributed by atoms with E-state index in [9.17, 15) is 4.79 Å². The fourth-order valence-corrected chi connectivity index (χ4v) is 1.78. The quantitative estimate of drug-likeness (QED) is 0.857. The molecule has 0 unspecified atom stereocenters. The molecule has 0 amide bonds. The number of aryl methyl sites for hydroxylation is 1. The number of hydrogen-bond acceptors (Lipinski definition) is 2. The van der Waals surface area contributed by atoms with Gasteiger partial charge in [-0.3, -0.25) is 4.79 Å². The Bertz CT molecular complexity index is 528. The van der Waals surface area contributed by atoms with E-state index in [1.807, 2.05) is 31.2 Å². The van der Waals surface area contributed by atoms with Gasteiger partial charge in [0.1, 0.15) is 0 Å². The number of ketones is 1. The highest BCUT2D eigenvalue weighted by Crippen LogP contribution is 2.23. The van der Waals surface area contributed by atoms with E-state index in [1.54, 1.807) is 0 Å². The monoisotopic (exact) mass is 278 g/mol. The van der Waals surface area contributed by atoms with Crippen LogP contribution in [0.15, 0.2) is 28.7 Å². The number of H-pyrrole nitrogens is 1. The van der Waals surface area contributed by atoms with Gasteiger partial charge >= 0.3 is 0 Å². The maximum absolute atomic E-state index is 11.2. The van der Waals surface area contributed by atoms with Crippen LogP contribution in [0.1, 0.15) is 23.2 Å². The van der Waals surface area contributed by atoms with E-state index in [0.717, 1.165) is 21.4 Å². The molecule has 0 aliphatic heterocycles. The van der Waals surface area contributed by atoms with Crippen LogP contribution in [0.3, 0.4) is 0 Å². The molecule has 2 rings (SSSR count).